The van der Waals surface area contributed by atoms with Gasteiger partial charge in [-0.15, -0.1) is 10.2 Å². The predicted molar refractivity (Wildman–Crippen MR) is 143 cm³/mol. The Morgan fingerprint density at radius 2 is 2.05 bits per heavy atom. The highest BCUT2D eigenvalue weighted by atomic mass is 19.1. The van der Waals surface area contributed by atoms with Crippen LogP contribution in [0.5, 0.6) is 0 Å². The minimum Gasteiger partial charge on any atom is -0.389 e. The first-order valence-electron chi connectivity index (χ1n) is 12.3. The van der Waals surface area contributed by atoms with Crippen molar-refractivity contribution in [3.8, 4) is 17.2 Å². The molecule has 0 unspecified atom stereocenters. The molecule has 37 heavy (non-hydrogen) atoms. The lowest BCUT2D eigenvalue weighted by atomic mass is 9.90. The number of pyridine rings is 1. The van der Waals surface area contributed by atoms with Crippen molar-refractivity contribution < 1.29 is 4.39 Å². The van der Waals surface area contributed by atoms with Crippen molar-refractivity contribution in [3.05, 3.63) is 65.9 Å². The van der Waals surface area contributed by atoms with E-state index in [-0.39, 0.29) is 5.92 Å². The third-order valence-corrected chi connectivity index (χ3v) is 6.68. The van der Waals surface area contributed by atoms with Crippen molar-refractivity contribution in [2.45, 2.75) is 18.8 Å². The molecule has 0 atom stereocenters. The molecular weight excluding hydrogens is 469 g/mol. The molecule has 1 aliphatic rings. The second-order valence-electron chi connectivity index (χ2n) is 9.43. The van der Waals surface area contributed by atoms with Crippen molar-refractivity contribution in [2.75, 3.05) is 45.2 Å². The van der Waals surface area contributed by atoms with Crippen LogP contribution in [0.1, 0.15) is 35.7 Å². The topological polar surface area (TPSA) is 110 Å². The smallest absolute Gasteiger partial charge is 0.212 e. The molecule has 9 nitrogen and oxygen atoms in total. The summed E-state index contributed by atoms with van der Waals surface area (Å²) < 4.78 is 15.6. The summed E-state index contributed by atoms with van der Waals surface area (Å²) in [4.78, 5) is 8.13. The third-order valence-electron chi connectivity index (χ3n) is 6.68. The van der Waals surface area contributed by atoms with Crippen LogP contribution in [0.3, 0.4) is 0 Å². The first-order chi connectivity index (χ1) is 17.9. The van der Waals surface area contributed by atoms with Gasteiger partial charge >= 0.3 is 0 Å². The molecule has 0 radical (unpaired) electrons. The van der Waals surface area contributed by atoms with Gasteiger partial charge in [-0.2, -0.15) is 9.65 Å². The lowest BCUT2D eigenvalue weighted by Gasteiger charge is -2.35. The summed E-state index contributed by atoms with van der Waals surface area (Å²) in [5.41, 5.74) is 4.12. The zero-order chi connectivity index (χ0) is 26.4. The highest BCUT2D eigenvalue weighted by Crippen LogP contribution is 2.40. The minimum absolute atomic E-state index is 0.284. The van der Waals surface area contributed by atoms with Crippen molar-refractivity contribution in [1.82, 2.24) is 30.0 Å². The maximum Gasteiger partial charge on any atom is 0.212 e. The molecule has 192 valence electrons. The molecule has 1 aliphatic heterocycles. The number of nitrogens with one attached hydrogen (secondary N) is 2. The van der Waals surface area contributed by atoms with Gasteiger partial charge in [0.05, 0.1) is 11.3 Å². The number of hydrogen-bond donors (Lipinski definition) is 2. The zero-order valence-electron chi connectivity index (χ0n) is 21.4. The lowest BCUT2D eigenvalue weighted by molar-refractivity contribution is 0.410. The number of piperidine rings is 1. The van der Waals surface area contributed by atoms with E-state index < -0.39 is 5.95 Å². The SMILES string of the molecule is CN(C)CCN/C=C(\C=N)c1ccc(-c2ccc(F)nc2)c(N2CCC(c3nncn3C)CC2)c1C#N. The molecule has 1 aromatic carbocycles. The number of allylic oxidation sites excluding steroid dienone is 1. The Hall–Kier alpha value is -4.10. The number of anilines is 1. The van der Waals surface area contributed by atoms with E-state index in [2.05, 4.69) is 36.4 Å². The molecule has 0 bridgehead atoms. The molecule has 1 fully saturated rings. The van der Waals surface area contributed by atoms with Gasteiger partial charge in [-0.05, 0) is 39.1 Å². The van der Waals surface area contributed by atoms with E-state index in [1.807, 2.05) is 37.8 Å². The fourth-order valence-electron chi connectivity index (χ4n) is 4.73. The zero-order valence-corrected chi connectivity index (χ0v) is 21.4. The molecule has 0 spiro atoms. The van der Waals surface area contributed by atoms with Crippen molar-refractivity contribution >= 4 is 17.5 Å². The highest BCUT2D eigenvalue weighted by Gasteiger charge is 2.28. The quantitative estimate of drug-likeness (QED) is 0.263. The molecule has 1 saturated heterocycles. The van der Waals surface area contributed by atoms with E-state index in [9.17, 15) is 9.65 Å². The molecule has 0 amide bonds. The Bertz CT molecular complexity index is 1300. The maximum absolute atomic E-state index is 13.6. The summed E-state index contributed by atoms with van der Waals surface area (Å²) in [7, 11) is 5.95. The molecule has 2 aromatic heterocycles. The van der Waals surface area contributed by atoms with Crippen LogP contribution in [0.15, 0.2) is 43.0 Å². The number of rotatable bonds is 9. The van der Waals surface area contributed by atoms with Gasteiger partial charge in [0.2, 0.25) is 5.95 Å². The molecular formula is C27H32FN9. The van der Waals surface area contributed by atoms with Crippen LogP contribution in [0, 0.1) is 22.7 Å². The highest BCUT2D eigenvalue weighted by molar-refractivity contribution is 6.10. The van der Waals surface area contributed by atoms with E-state index >= 15 is 0 Å². The van der Waals surface area contributed by atoms with Crippen LogP contribution < -0.4 is 10.2 Å². The van der Waals surface area contributed by atoms with Gasteiger partial charge in [0.15, 0.2) is 0 Å². The van der Waals surface area contributed by atoms with E-state index in [0.717, 1.165) is 55.1 Å². The van der Waals surface area contributed by atoms with Crippen LogP contribution >= 0.6 is 0 Å². The number of hydrogen-bond acceptors (Lipinski definition) is 8. The number of nitriles is 1. The Morgan fingerprint density at radius 1 is 1.27 bits per heavy atom. The molecule has 4 rings (SSSR count). The standard InChI is InChI=1S/C27H32FN9/c1-35(2)13-10-31-16-21(14-29)22-5-6-23(20-4-7-25(28)32-17-20)26(24(22)15-30)37-11-8-19(9-12-37)27-34-33-18-36(27)3/h4-7,14,16-19,29,31H,8-13H2,1-3H3/b21-16+,29-14?. The maximum atomic E-state index is 13.6. The first kappa shape index (κ1) is 26.0. The van der Waals surface area contributed by atoms with Crippen molar-refractivity contribution in [1.29, 1.82) is 10.7 Å². The molecule has 3 heterocycles. The number of likely N-dealkylation sites (N-methyl/N-ethyl adjacent to an activating group) is 1. The fourth-order valence-corrected chi connectivity index (χ4v) is 4.73. The average Bonchev–Trinajstić information content (AvgIpc) is 3.34. The number of aromatic nitrogens is 4. The van der Waals surface area contributed by atoms with E-state index in [1.165, 1.54) is 18.5 Å². The monoisotopic (exact) mass is 501 g/mol. The fraction of sp³-hybridized carbons (Fsp3) is 0.370. The minimum atomic E-state index is -0.551. The summed E-state index contributed by atoms with van der Waals surface area (Å²) in [6.45, 7) is 3.01. The third kappa shape index (κ3) is 5.84. The normalized spacial score (nSPS) is 14.6. The Balaban J connectivity index is 1.73. The summed E-state index contributed by atoms with van der Waals surface area (Å²) in [6, 6.07) is 9.22. The number of halogens is 1. The van der Waals surface area contributed by atoms with Gasteiger partial charge in [-0.25, -0.2) is 4.98 Å². The van der Waals surface area contributed by atoms with Crippen LogP contribution in [-0.4, -0.2) is 71.1 Å². The summed E-state index contributed by atoms with van der Waals surface area (Å²) in [5.74, 6) is 0.700. The molecule has 0 saturated carbocycles. The summed E-state index contributed by atoms with van der Waals surface area (Å²) >= 11 is 0. The van der Waals surface area contributed by atoms with Gasteiger partial charge in [0.1, 0.15) is 18.2 Å². The Kier molecular flexibility index (Phi) is 8.25. The van der Waals surface area contributed by atoms with Gasteiger partial charge in [-0.1, -0.05) is 12.1 Å². The predicted octanol–water partition coefficient (Wildman–Crippen LogP) is 3.41. The Morgan fingerprint density at radius 3 is 2.65 bits per heavy atom. The van der Waals surface area contributed by atoms with Crippen LogP contribution in [-0.2, 0) is 7.05 Å². The van der Waals surface area contributed by atoms with E-state index in [4.69, 9.17) is 5.41 Å². The molecule has 2 N–H and O–H groups in total. The number of aryl methyl sites for hydroxylation is 1. The van der Waals surface area contributed by atoms with Gasteiger partial charge in [0, 0.05) is 80.0 Å². The van der Waals surface area contributed by atoms with Gasteiger partial charge < -0.3 is 25.1 Å². The second kappa shape index (κ2) is 11.8. The average molecular weight is 502 g/mol. The number of nitrogens with zero attached hydrogens (tertiary/aromatic N) is 7. The largest absolute Gasteiger partial charge is 0.389 e. The Labute approximate surface area is 216 Å². The van der Waals surface area contributed by atoms with Crippen molar-refractivity contribution in [2.24, 2.45) is 7.05 Å². The number of benzene rings is 1. The van der Waals surface area contributed by atoms with Crippen molar-refractivity contribution in [3.63, 3.8) is 0 Å². The summed E-state index contributed by atoms with van der Waals surface area (Å²) in [5, 5.41) is 30.0. The molecule has 3 aromatic rings. The van der Waals surface area contributed by atoms with Gasteiger partial charge in [-0.3, -0.25) is 0 Å². The van der Waals surface area contributed by atoms with Crippen LogP contribution in [0.2, 0.25) is 0 Å². The van der Waals surface area contributed by atoms with E-state index in [0.29, 0.717) is 23.2 Å². The van der Waals surface area contributed by atoms with Crippen LogP contribution in [0.4, 0.5) is 10.1 Å². The molecule has 0 aliphatic carbocycles. The van der Waals surface area contributed by atoms with E-state index in [1.54, 1.807) is 18.6 Å². The van der Waals surface area contributed by atoms with Gasteiger partial charge in [0.25, 0.3) is 0 Å². The first-order valence-corrected chi connectivity index (χ1v) is 12.3. The summed E-state index contributed by atoms with van der Waals surface area (Å²) in [6.07, 6.45) is 8.00. The molecule has 10 heteroatoms. The second-order valence-corrected chi connectivity index (χ2v) is 9.43. The lowest BCUT2D eigenvalue weighted by Crippen LogP contribution is -2.34. The van der Waals surface area contributed by atoms with Crippen LogP contribution in [0.25, 0.3) is 16.7 Å².